The van der Waals surface area contributed by atoms with Gasteiger partial charge in [-0.3, -0.25) is 0 Å². The maximum atomic E-state index is 5.89. The molecule has 0 fully saturated rings. The number of thiazole rings is 1. The molecule has 0 spiro atoms. The van der Waals surface area contributed by atoms with Crippen LogP contribution < -0.4 is 4.43 Å². The van der Waals surface area contributed by atoms with Gasteiger partial charge in [-0.2, -0.15) is 0 Å². The van der Waals surface area contributed by atoms with Gasteiger partial charge in [0.2, 0.25) is 8.32 Å². The van der Waals surface area contributed by atoms with Crippen molar-refractivity contribution in [1.82, 2.24) is 4.98 Å². The van der Waals surface area contributed by atoms with Crippen molar-refractivity contribution in [3.63, 3.8) is 0 Å². The van der Waals surface area contributed by atoms with Crippen LogP contribution >= 0.6 is 22.9 Å². The molecular formula is C10H12ClNOSSi. The molecule has 2 rings (SSSR count). The number of halogens is 1. The minimum atomic E-state index is -1.53. The monoisotopic (exact) mass is 257 g/mol. The fourth-order valence-electron chi connectivity index (χ4n) is 1.29. The van der Waals surface area contributed by atoms with Crippen LogP contribution in [0.25, 0.3) is 10.2 Å². The summed E-state index contributed by atoms with van der Waals surface area (Å²) in [6, 6.07) is 5.92. The Morgan fingerprint density at radius 2 is 2.07 bits per heavy atom. The number of benzene rings is 1. The molecule has 0 radical (unpaired) electrons. The van der Waals surface area contributed by atoms with Crippen LogP contribution in [-0.2, 0) is 0 Å². The van der Waals surface area contributed by atoms with Crippen molar-refractivity contribution >= 4 is 41.5 Å². The van der Waals surface area contributed by atoms with E-state index in [1.54, 1.807) is 0 Å². The molecule has 0 aliphatic rings. The maximum Gasteiger partial charge on any atom is 0.242 e. The lowest BCUT2D eigenvalue weighted by molar-refractivity contribution is 0.559. The van der Waals surface area contributed by atoms with E-state index >= 15 is 0 Å². The lowest BCUT2D eigenvalue weighted by Gasteiger charge is -2.18. The second-order valence-electron chi connectivity index (χ2n) is 4.31. The third-order valence-electron chi connectivity index (χ3n) is 1.76. The summed E-state index contributed by atoms with van der Waals surface area (Å²) in [7, 11) is -1.53. The van der Waals surface area contributed by atoms with Crippen molar-refractivity contribution in [1.29, 1.82) is 0 Å². The van der Waals surface area contributed by atoms with Crippen LogP contribution in [0, 0.1) is 0 Å². The molecule has 0 unspecified atom stereocenters. The van der Waals surface area contributed by atoms with Crippen molar-refractivity contribution in [2.24, 2.45) is 0 Å². The van der Waals surface area contributed by atoms with Gasteiger partial charge in [-0.25, -0.2) is 4.98 Å². The highest BCUT2D eigenvalue weighted by molar-refractivity contribution is 7.22. The molecule has 15 heavy (non-hydrogen) atoms. The van der Waals surface area contributed by atoms with Crippen LogP contribution in [0.1, 0.15) is 0 Å². The van der Waals surface area contributed by atoms with Crippen molar-refractivity contribution < 1.29 is 4.43 Å². The number of aromatic nitrogens is 1. The molecule has 2 nitrogen and oxygen atoms in total. The number of nitrogens with zero attached hydrogens (tertiary/aromatic N) is 1. The maximum absolute atomic E-state index is 5.89. The zero-order valence-electron chi connectivity index (χ0n) is 8.87. The predicted molar refractivity (Wildman–Crippen MR) is 68.6 cm³/mol. The highest BCUT2D eigenvalue weighted by Crippen LogP contribution is 2.29. The summed E-state index contributed by atoms with van der Waals surface area (Å²) in [5.74, 6) is 0.919. The van der Waals surface area contributed by atoms with Gasteiger partial charge in [0.25, 0.3) is 0 Å². The van der Waals surface area contributed by atoms with Gasteiger partial charge < -0.3 is 4.43 Å². The van der Waals surface area contributed by atoms with Crippen LogP contribution in [0.3, 0.4) is 0 Å². The Hall–Kier alpha value is -0.583. The van der Waals surface area contributed by atoms with Crippen molar-refractivity contribution in [2.45, 2.75) is 19.6 Å². The predicted octanol–water partition coefficient (Wildman–Crippen LogP) is 4.16. The molecule has 0 saturated carbocycles. The zero-order valence-corrected chi connectivity index (χ0v) is 11.4. The van der Waals surface area contributed by atoms with E-state index in [4.69, 9.17) is 16.0 Å². The minimum absolute atomic E-state index is 0.579. The topological polar surface area (TPSA) is 22.1 Å². The Balaban J connectivity index is 2.38. The van der Waals surface area contributed by atoms with Crippen molar-refractivity contribution in [3.05, 3.63) is 22.7 Å². The number of rotatable bonds is 2. The molecule has 1 aromatic carbocycles. The first-order valence-electron chi connectivity index (χ1n) is 4.69. The van der Waals surface area contributed by atoms with Gasteiger partial charge in [0.15, 0.2) is 4.47 Å². The minimum Gasteiger partial charge on any atom is -0.544 e. The SMILES string of the molecule is C[Si](C)(C)Oc1ccc2nc(Cl)sc2c1. The zero-order chi connectivity index (χ0) is 11.1. The van der Waals surface area contributed by atoms with Gasteiger partial charge in [0, 0.05) is 0 Å². The molecule has 2 aromatic rings. The molecule has 0 N–H and O–H groups in total. The second-order valence-corrected chi connectivity index (χ2v) is 10.4. The summed E-state index contributed by atoms with van der Waals surface area (Å²) in [4.78, 5) is 4.19. The van der Waals surface area contributed by atoms with Gasteiger partial charge >= 0.3 is 0 Å². The fourth-order valence-corrected chi connectivity index (χ4v) is 3.19. The second kappa shape index (κ2) is 3.77. The number of fused-ring (bicyclic) bond motifs is 1. The summed E-state index contributed by atoms with van der Waals surface area (Å²) in [6.07, 6.45) is 0. The molecule has 1 heterocycles. The van der Waals surface area contributed by atoms with Crippen LogP contribution in [0.2, 0.25) is 24.1 Å². The van der Waals surface area contributed by atoms with Gasteiger partial charge in [-0.1, -0.05) is 11.6 Å². The van der Waals surface area contributed by atoms with Crippen molar-refractivity contribution in [3.8, 4) is 5.75 Å². The molecule has 1 aromatic heterocycles. The van der Waals surface area contributed by atoms with Crippen molar-refractivity contribution in [2.75, 3.05) is 0 Å². The van der Waals surface area contributed by atoms with E-state index in [0.29, 0.717) is 4.47 Å². The first kappa shape index (κ1) is 10.9. The Morgan fingerprint density at radius 3 is 2.73 bits per heavy atom. The smallest absolute Gasteiger partial charge is 0.242 e. The Morgan fingerprint density at radius 1 is 1.33 bits per heavy atom. The quantitative estimate of drug-likeness (QED) is 0.754. The lowest BCUT2D eigenvalue weighted by Crippen LogP contribution is -2.29. The lowest BCUT2D eigenvalue weighted by atomic mass is 10.3. The molecule has 5 heteroatoms. The van der Waals surface area contributed by atoms with E-state index in [-0.39, 0.29) is 0 Å². The highest BCUT2D eigenvalue weighted by Gasteiger charge is 2.16. The summed E-state index contributed by atoms with van der Waals surface area (Å²) < 4.78 is 7.55. The molecule has 0 aliphatic carbocycles. The third kappa shape index (κ3) is 2.71. The van der Waals surface area contributed by atoms with Gasteiger partial charge in [0.05, 0.1) is 10.2 Å². The first-order valence-corrected chi connectivity index (χ1v) is 9.29. The Bertz CT molecular complexity index is 492. The largest absolute Gasteiger partial charge is 0.544 e. The summed E-state index contributed by atoms with van der Waals surface area (Å²) in [5.41, 5.74) is 0.938. The molecule has 0 aliphatic heterocycles. The van der Waals surface area contributed by atoms with E-state index in [0.717, 1.165) is 16.0 Å². The molecular weight excluding hydrogens is 246 g/mol. The molecule has 0 bridgehead atoms. The normalized spacial score (nSPS) is 12.0. The van der Waals surface area contributed by atoms with Gasteiger partial charge in [-0.15, -0.1) is 11.3 Å². The first-order chi connectivity index (χ1) is 6.94. The van der Waals surface area contributed by atoms with Crippen LogP contribution in [0.5, 0.6) is 5.75 Å². The van der Waals surface area contributed by atoms with E-state index < -0.39 is 8.32 Å². The Kier molecular flexibility index (Phi) is 2.75. The standard InChI is InChI=1S/C10H12ClNOSSi/c1-15(2,3)13-7-4-5-8-9(6-7)14-10(11)12-8/h4-6H,1-3H3. The average Bonchev–Trinajstić information content (AvgIpc) is 2.40. The van der Waals surface area contributed by atoms with E-state index in [9.17, 15) is 0 Å². The third-order valence-corrected chi connectivity index (χ3v) is 3.73. The molecule has 0 saturated heterocycles. The van der Waals surface area contributed by atoms with E-state index in [1.165, 1.54) is 11.3 Å². The average molecular weight is 258 g/mol. The molecule has 0 atom stereocenters. The summed E-state index contributed by atoms with van der Waals surface area (Å²) in [6.45, 7) is 6.49. The van der Waals surface area contributed by atoms with Crippen LogP contribution in [0.15, 0.2) is 18.2 Å². The number of hydrogen-bond acceptors (Lipinski definition) is 3. The van der Waals surface area contributed by atoms with Crippen LogP contribution in [0.4, 0.5) is 0 Å². The summed E-state index contributed by atoms with van der Waals surface area (Å²) in [5, 5.41) is 0. The highest BCUT2D eigenvalue weighted by atomic mass is 35.5. The van der Waals surface area contributed by atoms with Crippen LogP contribution in [-0.4, -0.2) is 13.3 Å². The van der Waals surface area contributed by atoms with Gasteiger partial charge in [0.1, 0.15) is 5.75 Å². The Labute approximate surface area is 99.0 Å². The molecule has 0 amide bonds. The van der Waals surface area contributed by atoms with E-state index in [1.807, 2.05) is 18.2 Å². The van der Waals surface area contributed by atoms with E-state index in [2.05, 4.69) is 24.6 Å². The fraction of sp³-hybridized carbons (Fsp3) is 0.300. The summed E-state index contributed by atoms with van der Waals surface area (Å²) >= 11 is 7.33. The number of hydrogen-bond donors (Lipinski definition) is 0. The molecule has 80 valence electrons. The van der Waals surface area contributed by atoms with Gasteiger partial charge in [-0.05, 0) is 37.8 Å².